The Bertz CT molecular complexity index is 506. The first-order chi connectivity index (χ1) is 6.68. The molecule has 0 unspecified atom stereocenters. The van der Waals surface area contributed by atoms with Crippen LogP contribution in [0, 0.1) is 6.92 Å². The normalized spacial score (nSPS) is 10.4. The lowest BCUT2D eigenvalue weighted by molar-refractivity contribution is 0.100. The molecule has 0 aliphatic heterocycles. The second-order valence-electron chi connectivity index (χ2n) is 3.22. The summed E-state index contributed by atoms with van der Waals surface area (Å²) in [6.07, 6.45) is 1.75. The molecule has 3 heteroatoms. The number of aryl methyl sites for hydroxylation is 1. The fourth-order valence-electron chi connectivity index (χ4n) is 1.49. The van der Waals surface area contributed by atoms with E-state index in [1.54, 1.807) is 18.3 Å². The van der Waals surface area contributed by atoms with E-state index in [-0.39, 0.29) is 0 Å². The number of carbonyl (C=O) groups is 1. The number of nitrogens with zero attached hydrogens (tertiary/aromatic N) is 1. The Balaban J connectivity index is 2.84. The quantitative estimate of drug-likeness (QED) is 0.736. The first-order valence-corrected chi connectivity index (χ1v) is 4.33. The zero-order valence-corrected chi connectivity index (χ0v) is 7.82. The topological polar surface area (TPSA) is 56.0 Å². The number of hydrogen-bond donors (Lipinski definition) is 1. The Kier molecular flexibility index (Phi) is 1.93. The molecule has 14 heavy (non-hydrogen) atoms. The molecule has 1 amide bonds. The molecule has 0 aliphatic rings. The minimum absolute atomic E-state index is 0.402. The van der Waals surface area contributed by atoms with Crippen molar-refractivity contribution in [2.75, 3.05) is 0 Å². The van der Waals surface area contributed by atoms with Gasteiger partial charge >= 0.3 is 0 Å². The van der Waals surface area contributed by atoms with Gasteiger partial charge in [0.1, 0.15) is 0 Å². The first-order valence-electron chi connectivity index (χ1n) is 4.33. The van der Waals surface area contributed by atoms with Crippen molar-refractivity contribution in [3.63, 3.8) is 0 Å². The van der Waals surface area contributed by atoms with Gasteiger partial charge in [-0.3, -0.25) is 9.78 Å². The first kappa shape index (κ1) is 8.69. The summed E-state index contributed by atoms with van der Waals surface area (Å²) in [5.74, 6) is -0.402. The summed E-state index contributed by atoms with van der Waals surface area (Å²) in [5, 5.41) is 1.81. The van der Waals surface area contributed by atoms with E-state index in [1.165, 1.54) is 0 Å². The molecular weight excluding hydrogens is 176 g/mol. The highest BCUT2D eigenvalue weighted by Gasteiger charge is 2.05. The van der Waals surface area contributed by atoms with Gasteiger partial charge in [0.2, 0.25) is 5.91 Å². The van der Waals surface area contributed by atoms with Crippen LogP contribution in [0.15, 0.2) is 30.5 Å². The van der Waals surface area contributed by atoms with Crippen LogP contribution < -0.4 is 5.73 Å². The van der Waals surface area contributed by atoms with Crippen LogP contribution in [0.5, 0.6) is 0 Å². The van der Waals surface area contributed by atoms with Gasteiger partial charge in [-0.1, -0.05) is 12.1 Å². The SMILES string of the molecule is Cc1cc2c(C(N)=O)cccc2cn1. The average Bonchev–Trinajstić information content (AvgIpc) is 2.16. The fraction of sp³-hybridized carbons (Fsp3) is 0.0909. The van der Waals surface area contributed by atoms with Crippen molar-refractivity contribution in [2.24, 2.45) is 5.73 Å². The maximum Gasteiger partial charge on any atom is 0.249 e. The van der Waals surface area contributed by atoms with Crippen LogP contribution >= 0.6 is 0 Å². The van der Waals surface area contributed by atoms with Gasteiger partial charge in [0.05, 0.1) is 0 Å². The van der Waals surface area contributed by atoms with Crippen LogP contribution in [0.25, 0.3) is 10.8 Å². The number of carbonyl (C=O) groups excluding carboxylic acids is 1. The largest absolute Gasteiger partial charge is 0.366 e. The Hall–Kier alpha value is -1.90. The van der Waals surface area contributed by atoms with Gasteiger partial charge in [-0.15, -0.1) is 0 Å². The zero-order valence-electron chi connectivity index (χ0n) is 7.82. The van der Waals surface area contributed by atoms with E-state index in [4.69, 9.17) is 5.73 Å². The minimum atomic E-state index is -0.402. The summed E-state index contributed by atoms with van der Waals surface area (Å²) in [5.41, 5.74) is 6.70. The lowest BCUT2D eigenvalue weighted by Gasteiger charge is -2.02. The van der Waals surface area contributed by atoms with Gasteiger partial charge < -0.3 is 5.73 Å². The van der Waals surface area contributed by atoms with Crippen molar-refractivity contribution < 1.29 is 4.79 Å². The molecule has 2 aromatic rings. The predicted octanol–water partition coefficient (Wildman–Crippen LogP) is 1.64. The van der Waals surface area contributed by atoms with Crippen molar-refractivity contribution >= 4 is 16.7 Å². The Morgan fingerprint density at radius 1 is 1.43 bits per heavy atom. The van der Waals surface area contributed by atoms with Crippen molar-refractivity contribution in [1.29, 1.82) is 0 Å². The number of fused-ring (bicyclic) bond motifs is 1. The summed E-state index contributed by atoms with van der Waals surface area (Å²) >= 11 is 0. The number of primary amides is 1. The lowest BCUT2D eigenvalue weighted by atomic mass is 10.1. The second kappa shape index (κ2) is 3.10. The molecule has 0 saturated heterocycles. The average molecular weight is 186 g/mol. The van der Waals surface area contributed by atoms with Gasteiger partial charge in [0.15, 0.2) is 0 Å². The third-order valence-electron chi connectivity index (χ3n) is 2.17. The highest BCUT2D eigenvalue weighted by molar-refractivity contribution is 6.06. The molecule has 0 spiro atoms. The van der Waals surface area contributed by atoms with E-state index in [0.717, 1.165) is 16.5 Å². The molecule has 1 heterocycles. The van der Waals surface area contributed by atoms with Crippen LogP contribution in [0.3, 0.4) is 0 Å². The molecule has 0 atom stereocenters. The summed E-state index contributed by atoms with van der Waals surface area (Å²) < 4.78 is 0. The number of amides is 1. The van der Waals surface area contributed by atoms with E-state index in [9.17, 15) is 4.79 Å². The zero-order chi connectivity index (χ0) is 10.1. The number of benzene rings is 1. The van der Waals surface area contributed by atoms with Gasteiger partial charge in [0, 0.05) is 22.8 Å². The van der Waals surface area contributed by atoms with Gasteiger partial charge in [0.25, 0.3) is 0 Å². The van der Waals surface area contributed by atoms with Crippen molar-refractivity contribution in [2.45, 2.75) is 6.92 Å². The molecule has 70 valence electrons. The number of aromatic nitrogens is 1. The number of nitrogens with two attached hydrogens (primary N) is 1. The maximum absolute atomic E-state index is 11.1. The van der Waals surface area contributed by atoms with E-state index in [0.29, 0.717) is 5.56 Å². The maximum atomic E-state index is 11.1. The molecule has 0 radical (unpaired) electrons. The Labute approximate surface area is 81.6 Å². The summed E-state index contributed by atoms with van der Waals surface area (Å²) in [6.45, 7) is 1.89. The molecule has 0 aliphatic carbocycles. The predicted molar refractivity (Wildman–Crippen MR) is 55.0 cm³/mol. The Morgan fingerprint density at radius 3 is 2.93 bits per heavy atom. The van der Waals surface area contributed by atoms with Gasteiger partial charge in [-0.2, -0.15) is 0 Å². The molecule has 1 aromatic heterocycles. The lowest BCUT2D eigenvalue weighted by Crippen LogP contribution is -2.11. The summed E-state index contributed by atoms with van der Waals surface area (Å²) in [6, 6.07) is 7.31. The standard InChI is InChI=1S/C11H10N2O/c1-7-5-10-8(6-13-7)3-2-4-9(10)11(12)14/h2-6H,1H3,(H2,12,14). The van der Waals surface area contributed by atoms with Crippen LogP contribution in [0.4, 0.5) is 0 Å². The van der Waals surface area contributed by atoms with Crippen LogP contribution in [-0.4, -0.2) is 10.9 Å². The molecule has 1 aromatic carbocycles. The molecule has 0 bridgehead atoms. The summed E-state index contributed by atoms with van der Waals surface area (Å²) in [7, 11) is 0. The molecule has 2 N–H and O–H groups in total. The van der Waals surface area contributed by atoms with E-state index in [2.05, 4.69) is 4.98 Å². The van der Waals surface area contributed by atoms with Crippen LogP contribution in [0.1, 0.15) is 16.1 Å². The molecule has 0 fully saturated rings. The smallest absolute Gasteiger partial charge is 0.249 e. The summed E-state index contributed by atoms with van der Waals surface area (Å²) in [4.78, 5) is 15.3. The van der Waals surface area contributed by atoms with Crippen LogP contribution in [0.2, 0.25) is 0 Å². The third kappa shape index (κ3) is 1.33. The number of rotatable bonds is 1. The molecular formula is C11H10N2O. The van der Waals surface area contributed by atoms with Gasteiger partial charge in [-0.25, -0.2) is 0 Å². The molecule has 0 saturated carbocycles. The molecule has 3 nitrogen and oxygen atoms in total. The van der Waals surface area contributed by atoms with Crippen molar-refractivity contribution in [1.82, 2.24) is 4.98 Å². The second-order valence-corrected chi connectivity index (χ2v) is 3.22. The fourth-order valence-corrected chi connectivity index (χ4v) is 1.49. The highest BCUT2D eigenvalue weighted by atomic mass is 16.1. The van der Waals surface area contributed by atoms with E-state index in [1.807, 2.05) is 19.1 Å². The van der Waals surface area contributed by atoms with E-state index < -0.39 is 5.91 Å². The molecule has 2 rings (SSSR count). The minimum Gasteiger partial charge on any atom is -0.366 e. The third-order valence-corrected chi connectivity index (χ3v) is 2.17. The highest BCUT2D eigenvalue weighted by Crippen LogP contribution is 2.18. The number of pyridine rings is 1. The van der Waals surface area contributed by atoms with Crippen molar-refractivity contribution in [3.05, 3.63) is 41.7 Å². The Morgan fingerprint density at radius 2 is 2.21 bits per heavy atom. The van der Waals surface area contributed by atoms with Gasteiger partial charge in [-0.05, 0) is 24.4 Å². The van der Waals surface area contributed by atoms with Crippen LogP contribution in [-0.2, 0) is 0 Å². The van der Waals surface area contributed by atoms with E-state index >= 15 is 0 Å². The monoisotopic (exact) mass is 186 g/mol. The number of hydrogen-bond acceptors (Lipinski definition) is 2. The van der Waals surface area contributed by atoms with Crippen molar-refractivity contribution in [3.8, 4) is 0 Å².